The van der Waals surface area contributed by atoms with Gasteiger partial charge in [-0.15, -0.1) is 0 Å². The quantitative estimate of drug-likeness (QED) is 0.708. The number of aromatic carboxylic acids is 1. The van der Waals surface area contributed by atoms with Crippen LogP contribution >= 0.6 is 0 Å². The molecule has 0 unspecified atom stereocenters. The first-order valence-electron chi connectivity index (χ1n) is 4.04. The Bertz CT molecular complexity index is 492. The second-order valence-corrected chi connectivity index (χ2v) is 2.61. The van der Waals surface area contributed by atoms with Crippen molar-refractivity contribution in [1.82, 2.24) is 0 Å². The van der Waals surface area contributed by atoms with Crippen molar-refractivity contribution in [2.45, 2.75) is 6.42 Å². The summed E-state index contributed by atoms with van der Waals surface area (Å²) in [5.74, 6) is 2.61. The number of carbonyl (C=O) groups is 1. The highest BCUT2D eigenvalue weighted by molar-refractivity contribution is 5.88. The molecule has 1 N–H and O–H groups in total. The number of benzene rings is 1. The summed E-state index contributed by atoms with van der Waals surface area (Å²) < 4.78 is 13.4. The van der Waals surface area contributed by atoms with Crippen molar-refractivity contribution in [3.8, 4) is 17.9 Å². The smallest absolute Gasteiger partial charge is 0.338 e. The Morgan fingerprint density at radius 3 is 2.87 bits per heavy atom. The van der Waals surface area contributed by atoms with Crippen molar-refractivity contribution in [3.63, 3.8) is 0 Å². The third-order valence-corrected chi connectivity index (χ3v) is 1.62. The van der Waals surface area contributed by atoms with Gasteiger partial charge in [0, 0.05) is 0 Å². The van der Waals surface area contributed by atoms with Crippen molar-refractivity contribution in [3.05, 3.63) is 35.1 Å². The maximum atomic E-state index is 13.4. The van der Waals surface area contributed by atoms with Crippen LogP contribution in [0.5, 0.6) is 0 Å². The van der Waals surface area contributed by atoms with Crippen molar-refractivity contribution in [2.75, 3.05) is 0 Å². The molecule has 0 aliphatic heterocycles. The van der Waals surface area contributed by atoms with Crippen LogP contribution in [0.1, 0.15) is 22.3 Å². The molecule has 0 aliphatic rings. The van der Waals surface area contributed by atoms with Crippen molar-refractivity contribution < 1.29 is 14.3 Å². The maximum absolute atomic E-state index is 13.4. The van der Waals surface area contributed by atoms with Gasteiger partial charge in [-0.2, -0.15) is 5.26 Å². The van der Waals surface area contributed by atoms with Gasteiger partial charge in [0.2, 0.25) is 0 Å². The molecule has 4 heteroatoms. The minimum Gasteiger partial charge on any atom is -0.478 e. The van der Waals surface area contributed by atoms with Gasteiger partial charge in [-0.25, -0.2) is 9.18 Å². The summed E-state index contributed by atoms with van der Waals surface area (Å²) in [6.45, 7) is 0. The van der Waals surface area contributed by atoms with Gasteiger partial charge in [0.1, 0.15) is 0 Å². The average molecular weight is 203 g/mol. The van der Waals surface area contributed by atoms with E-state index in [2.05, 4.69) is 11.8 Å². The van der Waals surface area contributed by atoms with Crippen LogP contribution in [0.4, 0.5) is 4.39 Å². The molecule has 15 heavy (non-hydrogen) atoms. The Hall–Kier alpha value is -2.33. The van der Waals surface area contributed by atoms with E-state index in [4.69, 9.17) is 10.4 Å². The number of carboxylic acids is 1. The largest absolute Gasteiger partial charge is 0.478 e. The standard InChI is InChI=1S/C11H6FNO2/c12-10-8(4-1-2-7-13)5-3-6-9(10)11(14)15/h3,5-6H,2H2,(H,14,15). The third-order valence-electron chi connectivity index (χ3n) is 1.62. The van der Waals surface area contributed by atoms with E-state index in [1.165, 1.54) is 12.1 Å². The Balaban J connectivity index is 3.13. The molecule has 0 spiro atoms. The molecule has 1 aromatic carbocycles. The van der Waals surface area contributed by atoms with Crippen LogP contribution in [0, 0.1) is 29.0 Å². The summed E-state index contributed by atoms with van der Waals surface area (Å²) in [7, 11) is 0. The van der Waals surface area contributed by atoms with Crippen molar-refractivity contribution >= 4 is 5.97 Å². The number of nitrogens with zero attached hydrogens (tertiary/aromatic N) is 1. The molecule has 1 aromatic rings. The first kappa shape index (κ1) is 10.7. The molecule has 0 fully saturated rings. The topological polar surface area (TPSA) is 61.1 Å². The second kappa shape index (κ2) is 4.78. The predicted octanol–water partition coefficient (Wildman–Crippen LogP) is 1.79. The lowest BCUT2D eigenvalue weighted by Gasteiger charge is -1.98. The zero-order valence-corrected chi connectivity index (χ0v) is 7.62. The summed E-state index contributed by atoms with van der Waals surface area (Å²) in [6, 6.07) is 5.72. The van der Waals surface area contributed by atoms with E-state index >= 15 is 0 Å². The number of hydrogen-bond donors (Lipinski definition) is 1. The first-order chi connectivity index (χ1) is 7.16. The van der Waals surface area contributed by atoms with Gasteiger partial charge in [0.25, 0.3) is 0 Å². The maximum Gasteiger partial charge on any atom is 0.338 e. The molecular formula is C11H6FNO2. The summed E-state index contributed by atoms with van der Waals surface area (Å²) in [6.07, 6.45) is -0.0171. The van der Waals surface area contributed by atoms with Gasteiger partial charge in [0.05, 0.1) is 23.6 Å². The monoisotopic (exact) mass is 203 g/mol. The number of rotatable bonds is 1. The van der Waals surface area contributed by atoms with E-state index in [1.54, 1.807) is 6.07 Å². The first-order valence-corrected chi connectivity index (χ1v) is 4.04. The van der Waals surface area contributed by atoms with E-state index < -0.39 is 17.3 Å². The van der Waals surface area contributed by atoms with E-state index in [-0.39, 0.29) is 12.0 Å². The number of carboxylic acid groups (broad SMARTS) is 1. The van der Waals surface area contributed by atoms with E-state index in [9.17, 15) is 9.18 Å². The summed E-state index contributed by atoms with van der Waals surface area (Å²) in [5, 5.41) is 16.8. The fourth-order valence-corrected chi connectivity index (χ4v) is 0.973. The molecule has 0 amide bonds. The molecule has 3 nitrogen and oxygen atoms in total. The molecule has 1 rings (SSSR count). The zero-order valence-electron chi connectivity index (χ0n) is 7.62. The lowest BCUT2D eigenvalue weighted by Crippen LogP contribution is -2.01. The van der Waals surface area contributed by atoms with Crippen LogP contribution in [0.2, 0.25) is 0 Å². The normalized spacial score (nSPS) is 8.53. The minimum absolute atomic E-state index is 0.00912. The van der Waals surface area contributed by atoms with E-state index in [1.807, 2.05) is 0 Å². The Labute approximate surface area is 85.8 Å². The molecule has 0 saturated carbocycles. The summed E-state index contributed by atoms with van der Waals surface area (Å²) >= 11 is 0. The van der Waals surface area contributed by atoms with Gasteiger partial charge in [-0.05, 0) is 12.1 Å². The third kappa shape index (κ3) is 2.55. The average Bonchev–Trinajstić information content (AvgIpc) is 2.20. The van der Waals surface area contributed by atoms with Crippen LogP contribution in [-0.4, -0.2) is 11.1 Å². The number of nitriles is 1. The van der Waals surface area contributed by atoms with Crippen LogP contribution in [0.3, 0.4) is 0 Å². The van der Waals surface area contributed by atoms with E-state index in [0.717, 1.165) is 6.07 Å². The molecule has 0 aromatic heterocycles. The molecule has 0 saturated heterocycles. The Morgan fingerprint density at radius 2 is 2.27 bits per heavy atom. The fraction of sp³-hybridized carbons (Fsp3) is 0.0909. The molecule has 0 aliphatic carbocycles. The number of halogens is 1. The summed E-state index contributed by atoms with van der Waals surface area (Å²) in [5.41, 5.74) is -0.427. The molecule has 0 radical (unpaired) electrons. The highest BCUT2D eigenvalue weighted by Crippen LogP contribution is 2.11. The van der Waals surface area contributed by atoms with Gasteiger partial charge >= 0.3 is 5.97 Å². The molecular weight excluding hydrogens is 197 g/mol. The molecule has 0 bridgehead atoms. The zero-order chi connectivity index (χ0) is 11.3. The van der Waals surface area contributed by atoms with Gasteiger partial charge < -0.3 is 5.11 Å². The number of hydrogen-bond acceptors (Lipinski definition) is 2. The molecule has 74 valence electrons. The second-order valence-electron chi connectivity index (χ2n) is 2.61. The highest BCUT2D eigenvalue weighted by Gasteiger charge is 2.11. The SMILES string of the molecule is N#CCC#Cc1cccc(C(=O)O)c1F. The molecule has 0 heterocycles. The molecule has 0 atom stereocenters. The Morgan fingerprint density at radius 1 is 1.53 bits per heavy atom. The van der Waals surface area contributed by atoms with Gasteiger partial charge in [0.15, 0.2) is 5.82 Å². The van der Waals surface area contributed by atoms with E-state index in [0.29, 0.717) is 0 Å². The van der Waals surface area contributed by atoms with Crippen LogP contribution in [0.15, 0.2) is 18.2 Å². The fourth-order valence-electron chi connectivity index (χ4n) is 0.973. The lowest BCUT2D eigenvalue weighted by molar-refractivity contribution is 0.0692. The van der Waals surface area contributed by atoms with Gasteiger partial charge in [-0.3, -0.25) is 0 Å². The van der Waals surface area contributed by atoms with Crippen molar-refractivity contribution in [2.24, 2.45) is 0 Å². The summed E-state index contributed by atoms with van der Waals surface area (Å²) in [4.78, 5) is 10.6. The van der Waals surface area contributed by atoms with Crippen LogP contribution < -0.4 is 0 Å². The van der Waals surface area contributed by atoms with Crippen LogP contribution in [0.25, 0.3) is 0 Å². The minimum atomic E-state index is -1.34. The van der Waals surface area contributed by atoms with Crippen LogP contribution in [-0.2, 0) is 0 Å². The Kier molecular flexibility index (Phi) is 3.43. The van der Waals surface area contributed by atoms with Gasteiger partial charge in [-0.1, -0.05) is 17.9 Å². The highest BCUT2D eigenvalue weighted by atomic mass is 19.1. The van der Waals surface area contributed by atoms with Crippen molar-refractivity contribution in [1.29, 1.82) is 5.26 Å². The lowest BCUT2D eigenvalue weighted by atomic mass is 10.1. The predicted molar refractivity (Wildman–Crippen MR) is 50.5 cm³/mol.